The van der Waals surface area contributed by atoms with Gasteiger partial charge in [-0.25, -0.2) is 0 Å². The van der Waals surface area contributed by atoms with Crippen molar-refractivity contribution in [2.45, 2.75) is 45.1 Å². The summed E-state index contributed by atoms with van der Waals surface area (Å²) in [5.41, 5.74) is 2.73. The van der Waals surface area contributed by atoms with E-state index in [-0.39, 0.29) is 0 Å². The third-order valence-electron chi connectivity index (χ3n) is 4.20. The van der Waals surface area contributed by atoms with Gasteiger partial charge >= 0.3 is 0 Å². The molecular weight excluding hydrogens is 270 g/mol. The van der Waals surface area contributed by atoms with Crippen LogP contribution in [0.1, 0.15) is 30.9 Å². The zero-order valence-electron chi connectivity index (χ0n) is 13.3. The molecule has 3 rings (SSSR count). The van der Waals surface area contributed by atoms with Gasteiger partial charge < -0.3 is 4.74 Å². The lowest BCUT2D eigenvalue weighted by molar-refractivity contribution is 0.226. The molecule has 0 amide bonds. The summed E-state index contributed by atoms with van der Waals surface area (Å²) >= 11 is 0. The predicted molar refractivity (Wildman–Crippen MR) is 90.6 cm³/mol. The van der Waals surface area contributed by atoms with Crippen LogP contribution in [0.4, 0.5) is 0 Å². The maximum absolute atomic E-state index is 5.82. The molecule has 0 aromatic heterocycles. The number of hydrogen-bond donors (Lipinski definition) is 0. The van der Waals surface area contributed by atoms with Crippen LogP contribution in [-0.2, 0) is 17.8 Å². The number of nitrogens with zero attached hydrogens (tertiary/aromatic N) is 1. The summed E-state index contributed by atoms with van der Waals surface area (Å²) in [5.74, 6) is 0. The highest BCUT2D eigenvalue weighted by Crippen LogP contribution is 2.28. The average Bonchev–Trinajstić information content (AvgIpc) is 3.27. The molecule has 1 fully saturated rings. The smallest absolute Gasteiger partial charge is 0.0968 e. The number of epoxide rings is 1. The Hall–Kier alpha value is -1.64. The number of ether oxygens (including phenoxy) is 1. The van der Waals surface area contributed by atoms with Gasteiger partial charge in [-0.2, -0.15) is 0 Å². The van der Waals surface area contributed by atoms with Gasteiger partial charge in [0.25, 0.3) is 0 Å². The molecule has 1 aliphatic rings. The van der Waals surface area contributed by atoms with Crippen molar-refractivity contribution in [2.75, 3.05) is 6.54 Å². The molecule has 0 unspecified atom stereocenters. The molecule has 0 spiro atoms. The Labute approximate surface area is 133 Å². The predicted octanol–water partition coefficient (Wildman–Crippen LogP) is 4.26. The van der Waals surface area contributed by atoms with E-state index in [1.165, 1.54) is 24.0 Å². The number of benzene rings is 2. The van der Waals surface area contributed by atoms with Gasteiger partial charge in [0.1, 0.15) is 0 Å². The molecule has 0 aliphatic carbocycles. The molecular formula is C20H25NO. The molecule has 0 saturated carbocycles. The fourth-order valence-corrected chi connectivity index (χ4v) is 3.00. The van der Waals surface area contributed by atoms with Crippen molar-refractivity contribution >= 4 is 0 Å². The van der Waals surface area contributed by atoms with Crippen LogP contribution in [0.25, 0.3) is 0 Å². The summed E-state index contributed by atoms with van der Waals surface area (Å²) < 4.78 is 5.82. The lowest BCUT2D eigenvalue weighted by atomic mass is 10.1. The molecule has 22 heavy (non-hydrogen) atoms. The molecule has 0 radical (unpaired) electrons. The van der Waals surface area contributed by atoms with Crippen LogP contribution in [0, 0.1) is 0 Å². The first-order chi connectivity index (χ1) is 10.8. The van der Waals surface area contributed by atoms with Crippen LogP contribution in [0.5, 0.6) is 0 Å². The number of hydrogen-bond acceptors (Lipinski definition) is 2. The molecule has 1 aliphatic heterocycles. The van der Waals surface area contributed by atoms with E-state index in [2.05, 4.69) is 72.5 Å². The largest absolute Gasteiger partial charge is 0.368 e. The number of rotatable bonds is 8. The van der Waals surface area contributed by atoms with Gasteiger partial charge in [-0.3, -0.25) is 4.90 Å². The fourth-order valence-electron chi connectivity index (χ4n) is 3.00. The summed E-state index contributed by atoms with van der Waals surface area (Å²) in [7, 11) is 0. The fraction of sp³-hybridized carbons (Fsp3) is 0.400. The van der Waals surface area contributed by atoms with E-state index >= 15 is 0 Å². The van der Waals surface area contributed by atoms with E-state index in [4.69, 9.17) is 4.74 Å². The monoisotopic (exact) mass is 295 g/mol. The highest BCUT2D eigenvalue weighted by molar-refractivity contribution is 5.17. The van der Waals surface area contributed by atoms with Gasteiger partial charge in [-0.05, 0) is 17.5 Å². The van der Waals surface area contributed by atoms with Gasteiger partial charge in [0, 0.05) is 19.6 Å². The zero-order valence-corrected chi connectivity index (χ0v) is 13.3. The second-order valence-electron chi connectivity index (χ2n) is 6.14. The molecule has 2 heteroatoms. The van der Waals surface area contributed by atoms with Gasteiger partial charge in [0.15, 0.2) is 0 Å². The van der Waals surface area contributed by atoms with E-state index in [1.807, 2.05) is 0 Å². The minimum atomic E-state index is 0.423. The van der Waals surface area contributed by atoms with Crippen molar-refractivity contribution in [2.24, 2.45) is 0 Å². The first-order valence-electron chi connectivity index (χ1n) is 8.31. The maximum Gasteiger partial charge on any atom is 0.0968 e. The van der Waals surface area contributed by atoms with Gasteiger partial charge in [-0.1, -0.05) is 74.0 Å². The Bertz CT molecular complexity index is 513. The van der Waals surface area contributed by atoms with Gasteiger partial charge in [0.2, 0.25) is 0 Å². The third-order valence-corrected chi connectivity index (χ3v) is 4.20. The van der Waals surface area contributed by atoms with Gasteiger partial charge in [0.05, 0.1) is 12.2 Å². The molecule has 2 aromatic rings. The Morgan fingerprint density at radius 1 is 0.818 bits per heavy atom. The van der Waals surface area contributed by atoms with Crippen molar-refractivity contribution in [1.29, 1.82) is 0 Å². The molecule has 2 nitrogen and oxygen atoms in total. The van der Waals surface area contributed by atoms with E-state index in [1.54, 1.807) is 0 Å². The van der Waals surface area contributed by atoms with Gasteiger partial charge in [-0.15, -0.1) is 0 Å². The third kappa shape index (κ3) is 4.43. The molecule has 1 heterocycles. The lowest BCUT2D eigenvalue weighted by Crippen LogP contribution is -2.27. The Morgan fingerprint density at radius 2 is 1.36 bits per heavy atom. The van der Waals surface area contributed by atoms with Crippen LogP contribution < -0.4 is 0 Å². The summed E-state index contributed by atoms with van der Waals surface area (Å²) in [6.45, 7) is 5.21. The zero-order chi connectivity index (χ0) is 15.2. The van der Waals surface area contributed by atoms with E-state index in [0.717, 1.165) is 19.6 Å². The highest BCUT2D eigenvalue weighted by atomic mass is 16.6. The molecule has 0 bridgehead atoms. The molecule has 116 valence electrons. The molecule has 2 aromatic carbocycles. The second kappa shape index (κ2) is 7.57. The normalized spacial score (nSPS) is 20.3. The van der Waals surface area contributed by atoms with Crippen molar-refractivity contribution < 1.29 is 4.74 Å². The van der Waals surface area contributed by atoms with Crippen molar-refractivity contribution in [3.63, 3.8) is 0 Å². The van der Waals surface area contributed by atoms with E-state index in [9.17, 15) is 0 Å². The topological polar surface area (TPSA) is 15.8 Å². The molecule has 2 atom stereocenters. The Morgan fingerprint density at radius 3 is 1.86 bits per heavy atom. The lowest BCUT2D eigenvalue weighted by Gasteiger charge is -2.22. The summed E-state index contributed by atoms with van der Waals surface area (Å²) in [6.07, 6.45) is 3.31. The first-order valence-corrected chi connectivity index (χ1v) is 8.31. The summed E-state index contributed by atoms with van der Waals surface area (Å²) in [6, 6.07) is 21.4. The maximum atomic E-state index is 5.82. The molecule has 0 N–H and O–H groups in total. The van der Waals surface area contributed by atoms with Crippen LogP contribution in [0.3, 0.4) is 0 Å². The van der Waals surface area contributed by atoms with E-state index < -0.39 is 0 Å². The quantitative estimate of drug-likeness (QED) is 0.676. The first kappa shape index (κ1) is 15.3. The average molecular weight is 295 g/mol. The Kier molecular flexibility index (Phi) is 5.25. The van der Waals surface area contributed by atoms with Crippen LogP contribution in [0.15, 0.2) is 60.7 Å². The second-order valence-corrected chi connectivity index (χ2v) is 6.14. The minimum absolute atomic E-state index is 0.423. The molecule has 1 saturated heterocycles. The van der Waals surface area contributed by atoms with Crippen LogP contribution in [0.2, 0.25) is 0 Å². The SMILES string of the molecule is CCC[C@@H]1O[C@@H]1CN(Cc1ccccc1)Cc1ccccc1. The summed E-state index contributed by atoms with van der Waals surface area (Å²) in [5, 5.41) is 0. The van der Waals surface area contributed by atoms with Crippen LogP contribution in [-0.4, -0.2) is 23.7 Å². The highest BCUT2D eigenvalue weighted by Gasteiger charge is 2.38. The van der Waals surface area contributed by atoms with Crippen molar-refractivity contribution in [3.8, 4) is 0 Å². The summed E-state index contributed by atoms with van der Waals surface area (Å²) in [4.78, 5) is 2.50. The van der Waals surface area contributed by atoms with Crippen molar-refractivity contribution in [3.05, 3.63) is 71.8 Å². The van der Waals surface area contributed by atoms with Crippen molar-refractivity contribution in [1.82, 2.24) is 4.90 Å². The Balaban J connectivity index is 1.63. The minimum Gasteiger partial charge on any atom is -0.368 e. The standard InChI is InChI=1S/C20H25NO/c1-2-9-19-20(22-19)16-21(14-17-10-5-3-6-11-17)15-18-12-7-4-8-13-18/h3-8,10-13,19-20H,2,9,14-16H2,1H3/t19-,20+/m0/s1. The van der Waals surface area contributed by atoms with E-state index in [0.29, 0.717) is 12.2 Å². The van der Waals surface area contributed by atoms with Crippen LogP contribution >= 0.6 is 0 Å².